The molecule has 1 saturated carbocycles. The van der Waals surface area contributed by atoms with Gasteiger partial charge >= 0.3 is 0 Å². The Kier molecular flexibility index (Phi) is 5.24. The Bertz CT molecular complexity index is 1040. The second-order valence-corrected chi connectivity index (χ2v) is 10.4. The van der Waals surface area contributed by atoms with Crippen molar-refractivity contribution in [3.05, 3.63) is 36.5 Å². The minimum absolute atomic E-state index is 0.0705. The lowest BCUT2D eigenvalue weighted by molar-refractivity contribution is -0.139. The minimum atomic E-state index is -3.68. The van der Waals surface area contributed by atoms with Crippen molar-refractivity contribution in [2.45, 2.75) is 49.1 Å². The second kappa shape index (κ2) is 7.90. The summed E-state index contributed by atoms with van der Waals surface area (Å²) in [5, 5.41) is 0.807. The lowest BCUT2D eigenvalue weighted by Gasteiger charge is -2.38. The summed E-state index contributed by atoms with van der Waals surface area (Å²) in [6, 6.07) is 9.02. The molecule has 5 rings (SSSR count). The van der Waals surface area contributed by atoms with Crippen LogP contribution in [-0.4, -0.2) is 66.9 Å². The molecular formula is C22H27N3O4S. The number of sulfonamides is 1. The fourth-order valence-corrected chi connectivity index (χ4v) is 6.40. The van der Waals surface area contributed by atoms with Gasteiger partial charge in [0.2, 0.25) is 15.9 Å². The van der Waals surface area contributed by atoms with E-state index in [0.717, 1.165) is 31.1 Å². The average Bonchev–Trinajstić information content (AvgIpc) is 3.51. The van der Waals surface area contributed by atoms with Gasteiger partial charge in [0.15, 0.2) is 0 Å². The van der Waals surface area contributed by atoms with Gasteiger partial charge in [-0.15, -0.1) is 0 Å². The van der Waals surface area contributed by atoms with Crippen molar-refractivity contribution in [2.24, 2.45) is 5.92 Å². The number of pyridine rings is 1. The fourth-order valence-electron chi connectivity index (χ4n) is 4.74. The number of hydrogen-bond acceptors (Lipinski definition) is 5. The van der Waals surface area contributed by atoms with E-state index in [1.54, 1.807) is 24.4 Å². The topological polar surface area (TPSA) is 79.8 Å². The maximum absolute atomic E-state index is 13.5. The number of nitrogens with zero attached hydrogens (tertiary/aromatic N) is 3. The monoisotopic (exact) mass is 429 g/mol. The van der Waals surface area contributed by atoms with Gasteiger partial charge in [0.05, 0.1) is 5.52 Å². The normalized spacial score (nSPS) is 23.7. The molecule has 3 heterocycles. The maximum atomic E-state index is 13.5. The van der Waals surface area contributed by atoms with Crippen molar-refractivity contribution in [1.29, 1.82) is 0 Å². The van der Waals surface area contributed by atoms with Gasteiger partial charge in [-0.3, -0.25) is 9.78 Å². The molecule has 1 aromatic heterocycles. The van der Waals surface area contributed by atoms with E-state index in [2.05, 4.69) is 4.98 Å². The van der Waals surface area contributed by atoms with E-state index in [1.165, 1.54) is 4.31 Å². The van der Waals surface area contributed by atoms with Crippen molar-refractivity contribution >= 4 is 26.8 Å². The Balaban J connectivity index is 1.41. The molecule has 1 unspecified atom stereocenters. The van der Waals surface area contributed by atoms with Gasteiger partial charge in [-0.25, -0.2) is 8.42 Å². The van der Waals surface area contributed by atoms with Crippen LogP contribution < -0.4 is 0 Å². The number of rotatable bonds is 5. The molecule has 7 nitrogen and oxygen atoms in total. The molecule has 2 aliphatic heterocycles. The van der Waals surface area contributed by atoms with Gasteiger partial charge in [-0.05, 0) is 44.2 Å². The van der Waals surface area contributed by atoms with Gasteiger partial charge in [0, 0.05) is 55.9 Å². The molecule has 1 aliphatic carbocycles. The van der Waals surface area contributed by atoms with E-state index in [0.29, 0.717) is 38.2 Å². The third-order valence-electron chi connectivity index (χ3n) is 6.50. The summed E-state index contributed by atoms with van der Waals surface area (Å²) < 4.78 is 34.0. The van der Waals surface area contributed by atoms with Crippen LogP contribution in [-0.2, 0) is 19.6 Å². The number of para-hydroxylation sites is 1. The molecule has 0 spiro atoms. The van der Waals surface area contributed by atoms with Gasteiger partial charge in [-0.2, -0.15) is 4.31 Å². The third kappa shape index (κ3) is 3.61. The van der Waals surface area contributed by atoms with Crippen molar-refractivity contribution in [2.75, 3.05) is 26.3 Å². The fraction of sp³-hybridized carbons (Fsp3) is 0.545. The summed E-state index contributed by atoms with van der Waals surface area (Å²) in [5.41, 5.74) is 0.499. The van der Waals surface area contributed by atoms with Crippen LogP contribution in [0.2, 0.25) is 0 Å². The van der Waals surface area contributed by atoms with Gasteiger partial charge in [0.25, 0.3) is 0 Å². The van der Waals surface area contributed by atoms with Crippen LogP contribution in [0.1, 0.15) is 32.1 Å². The number of benzene rings is 1. The number of hydrogen-bond donors (Lipinski definition) is 0. The molecule has 3 aliphatic rings. The van der Waals surface area contributed by atoms with Crippen molar-refractivity contribution in [3.63, 3.8) is 0 Å². The molecule has 1 aromatic carbocycles. The Hall–Kier alpha value is -2.03. The first-order chi connectivity index (χ1) is 14.6. The Morgan fingerprint density at radius 1 is 1.03 bits per heavy atom. The SMILES string of the molecule is O=C(C1CC1)N(C1CCOCC1)C1CCN(S(=O)(=O)c2cccc3cccnc23)C1. The quantitative estimate of drug-likeness (QED) is 0.729. The number of aromatic nitrogens is 1. The van der Waals surface area contributed by atoms with Crippen LogP contribution in [0.3, 0.4) is 0 Å². The Morgan fingerprint density at radius 3 is 2.57 bits per heavy atom. The molecule has 0 N–H and O–H groups in total. The first-order valence-corrected chi connectivity index (χ1v) is 12.2. The van der Waals surface area contributed by atoms with Gasteiger partial charge in [-0.1, -0.05) is 18.2 Å². The summed E-state index contributed by atoms with van der Waals surface area (Å²) in [5.74, 6) is 0.332. The molecule has 0 bridgehead atoms. The molecule has 0 radical (unpaired) electrons. The van der Waals surface area contributed by atoms with E-state index in [1.807, 2.05) is 17.0 Å². The van der Waals surface area contributed by atoms with Crippen LogP contribution in [0.25, 0.3) is 10.9 Å². The zero-order valence-corrected chi connectivity index (χ0v) is 17.8. The first kappa shape index (κ1) is 19.9. The van der Waals surface area contributed by atoms with E-state index >= 15 is 0 Å². The summed E-state index contributed by atoms with van der Waals surface area (Å²) >= 11 is 0. The highest BCUT2D eigenvalue weighted by Crippen LogP contribution is 2.36. The molecule has 8 heteroatoms. The van der Waals surface area contributed by atoms with E-state index < -0.39 is 10.0 Å². The molecule has 30 heavy (non-hydrogen) atoms. The smallest absolute Gasteiger partial charge is 0.245 e. The molecule has 1 amide bonds. The van der Waals surface area contributed by atoms with Gasteiger partial charge < -0.3 is 9.64 Å². The first-order valence-electron chi connectivity index (χ1n) is 10.8. The maximum Gasteiger partial charge on any atom is 0.245 e. The summed E-state index contributed by atoms with van der Waals surface area (Å²) in [6.07, 6.45) is 5.86. The number of fused-ring (bicyclic) bond motifs is 1. The molecule has 1 atom stereocenters. The summed E-state index contributed by atoms with van der Waals surface area (Å²) in [6.45, 7) is 2.10. The van der Waals surface area contributed by atoms with Crippen LogP contribution >= 0.6 is 0 Å². The number of amides is 1. The summed E-state index contributed by atoms with van der Waals surface area (Å²) in [4.78, 5) is 19.7. The van der Waals surface area contributed by atoms with Crippen molar-refractivity contribution in [1.82, 2.24) is 14.2 Å². The van der Waals surface area contributed by atoms with Crippen LogP contribution in [0.5, 0.6) is 0 Å². The van der Waals surface area contributed by atoms with Crippen molar-refractivity contribution in [3.8, 4) is 0 Å². The van der Waals surface area contributed by atoms with Gasteiger partial charge in [0.1, 0.15) is 4.90 Å². The van der Waals surface area contributed by atoms with Crippen molar-refractivity contribution < 1.29 is 17.9 Å². The van der Waals surface area contributed by atoms with E-state index in [9.17, 15) is 13.2 Å². The zero-order valence-electron chi connectivity index (χ0n) is 16.9. The highest BCUT2D eigenvalue weighted by molar-refractivity contribution is 7.89. The average molecular weight is 430 g/mol. The van der Waals surface area contributed by atoms with Crippen LogP contribution in [0, 0.1) is 5.92 Å². The predicted octanol–water partition coefficient (Wildman–Crippen LogP) is 2.42. The van der Waals surface area contributed by atoms with Crippen LogP contribution in [0.4, 0.5) is 0 Å². The predicted molar refractivity (Wildman–Crippen MR) is 112 cm³/mol. The number of ether oxygens (including phenoxy) is 1. The zero-order chi connectivity index (χ0) is 20.7. The lowest BCUT2D eigenvalue weighted by atomic mass is 10.0. The molecule has 3 fully saturated rings. The largest absolute Gasteiger partial charge is 0.381 e. The minimum Gasteiger partial charge on any atom is -0.381 e. The molecule has 160 valence electrons. The molecule has 2 saturated heterocycles. The Labute approximate surface area is 177 Å². The van der Waals surface area contributed by atoms with Crippen LogP contribution in [0.15, 0.2) is 41.4 Å². The highest BCUT2D eigenvalue weighted by atomic mass is 32.2. The van der Waals surface area contributed by atoms with E-state index in [4.69, 9.17) is 4.74 Å². The highest BCUT2D eigenvalue weighted by Gasteiger charge is 2.44. The number of carbonyl (C=O) groups excluding carboxylic acids is 1. The Morgan fingerprint density at radius 2 is 1.80 bits per heavy atom. The molecular weight excluding hydrogens is 402 g/mol. The molecule has 2 aromatic rings. The third-order valence-corrected chi connectivity index (χ3v) is 8.40. The standard InChI is InChI=1S/C22H27N3O4S/c26-22(17-6-7-17)25(18-9-13-29-14-10-18)19-8-12-24(15-19)30(27,28)20-5-1-3-16-4-2-11-23-21(16)20/h1-5,11,17-19H,6-10,12-15H2. The van der Waals surface area contributed by atoms with E-state index in [-0.39, 0.29) is 28.8 Å². The second-order valence-electron chi connectivity index (χ2n) is 8.50. The number of carbonyl (C=O) groups is 1. The summed E-state index contributed by atoms with van der Waals surface area (Å²) in [7, 11) is -3.68. The lowest BCUT2D eigenvalue weighted by Crippen LogP contribution is -2.51.